The van der Waals surface area contributed by atoms with Crippen LogP contribution in [0.25, 0.3) is 0 Å². The number of benzene rings is 1. The Morgan fingerprint density at radius 1 is 1.06 bits per heavy atom. The zero-order valence-electron chi connectivity index (χ0n) is 20.5. The molecule has 1 aromatic heterocycles. The summed E-state index contributed by atoms with van der Waals surface area (Å²) in [4.78, 5) is 19.4. The van der Waals surface area contributed by atoms with E-state index in [9.17, 15) is 13.2 Å². The smallest absolute Gasteiger partial charge is 0.262 e. The summed E-state index contributed by atoms with van der Waals surface area (Å²) >= 11 is 0. The van der Waals surface area contributed by atoms with E-state index in [0.29, 0.717) is 44.3 Å². The highest BCUT2D eigenvalue weighted by atomic mass is 32.2. The Morgan fingerprint density at radius 3 is 2.35 bits per heavy atom. The summed E-state index contributed by atoms with van der Waals surface area (Å²) < 4.78 is 28.9. The van der Waals surface area contributed by atoms with Crippen LogP contribution in [0.1, 0.15) is 56.0 Å². The highest BCUT2D eigenvalue weighted by molar-refractivity contribution is 7.89. The average molecular weight is 488 g/mol. The SMILES string of the molecule is Cc1nc(S(=O)(=O)N2CCC(C(=O)NCc3ccc(CN4CCCCC4C)cc3)CC2)cn1C. The maximum Gasteiger partial charge on any atom is 0.262 e. The number of carbonyl (C=O) groups excluding carboxylic acids is 1. The summed E-state index contributed by atoms with van der Waals surface area (Å²) in [5.74, 6) is 0.482. The van der Waals surface area contributed by atoms with Crippen molar-refractivity contribution >= 4 is 15.9 Å². The summed E-state index contributed by atoms with van der Waals surface area (Å²) in [5.41, 5.74) is 2.38. The molecule has 1 aromatic carbocycles. The molecule has 2 saturated heterocycles. The van der Waals surface area contributed by atoms with Gasteiger partial charge in [0.1, 0.15) is 5.82 Å². The van der Waals surface area contributed by atoms with Crippen molar-refractivity contribution in [2.45, 2.75) is 70.1 Å². The second-order valence-electron chi connectivity index (χ2n) is 9.77. The molecule has 2 aliphatic heterocycles. The van der Waals surface area contributed by atoms with Gasteiger partial charge in [-0.25, -0.2) is 13.4 Å². The van der Waals surface area contributed by atoms with E-state index in [1.165, 1.54) is 35.7 Å². The molecule has 4 rings (SSSR count). The van der Waals surface area contributed by atoms with E-state index in [1.807, 2.05) is 0 Å². The number of aryl methyl sites for hydroxylation is 2. The summed E-state index contributed by atoms with van der Waals surface area (Å²) in [6.45, 7) is 7.39. The van der Waals surface area contributed by atoms with Gasteiger partial charge in [0, 0.05) is 51.4 Å². The van der Waals surface area contributed by atoms with Crippen molar-refractivity contribution in [2.24, 2.45) is 13.0 Å². The first-order valence-corrected chi connectivity index (χ1v) is 13.8. The van der Waals surface area contributed by atoms with Gasteiger partial charge in [-0.2, -0.15) is 4.31 Å². The van der Waals surface area contributed by atoms with E-state index in [4.69, 9.17) is 0 Å². The molecule has 1 N–H and O–H groups in total. The molecule has 1 atom stereocenters. The van der Waals surface area contributed by atoms with Gasteiger partial charge in [0.05, 0.1) is 0 Å². The molecular formula is C25H37N5O3S. The fourth-order valence-corrected chi connectivity index (χ4v) is 6.36. The van der Waals surface area contributed by atoms with Crippen LogP contribution in [0.5, 0.6) is 0 Å². The summed E-state index contributed by atoms with van der Waals surface area (Å²) in [6.07, 6.45) is 6.46. The number of amides is 1. The highest BCUT2D eigenvalue weighted by Crippen LogP contribution is 2.24. The topological polar surface area (TPSA) is 87.5 Å². The van der Waals surface area contributed by atoms with Crippen LogP contribution in [0.4, 0.5) is 0 Å². The van der Waals surface area contributed by atoms with Crippen molar-refractivity contribution in [1.29, 1.82) is 0 Å². The minimum Gasteiger partial charge on any atom is -0.352 e. The molecule has 186 valence electrons. The Morgan fingerprint density at radius 2 is 1.74 bits per heavy atom. The van der Waals surface area contributed by atoms with Gasteiger partial charge in [-0.3, -0.25) is 9.69 Å². The number of piperidine rings is 2. The largest absolute Gasteiger partial charge is 0.352 e. The van der Waals surface area contributed by atoms with Gasteiger partial charge in [0.2, 0.25) is 5.91 Å². The van der Waals surface area contributed by atoms with Crippen LogP contribution < -0.4 is 5.32 Å². The first kappa shape index (κ1) is 24.9. The third-order valence-corrected chi connectivity index (χ3v) is 9.10. The van der Waals surface area contributed by atoms with Gasteiger partial charge >= 0.3 is 0 Å². The number of aromatic nitrogens is 2. The quantitative estimate of drug-likeness (QED) is 0.649. The number of rotatable bonds is 7. The molecule has 2 fully saturated rings. The zero-order chi connectivity index (χ0) is 24.3. The van der Waals surface area contributed by atoms with Crippen LogP contribution in [0, 0.1) is 12.8 Å². The van der Waals surface area contributed by atoms with E-state index in [-0.39, 0.29) is 16.9 Å². The molecule has 1 unspecified atom stereocenters. The van der Waals surface area contributed by atoms with Crippen molar-refractivity contribution < 1.29 is 13.2 Å². The molecule has 0 saturated carbocycles. The lowest BCUT2D eigenvalue weighted by atomic mass is 9.97. The van der Waals surface area contributed by atoms with Crippen LogP contribution in [-0.2, 0) is 35.0 Å². The monoisotopic (exact) mass is 487 g/mol. The molecule has 2 aliphatic rings. The average Bonchev–Trinajstić information content (AvgIpc) is 3.19. The number of hydrogen-bond acceptors (Lipinski definition) is 5. The Balaban J connectivity index is 1.24. The summed E-state index contributed by atoms with van der Waals surface area (Å²) in [5, 5.41) is 3.12. The van der Waals surface area contributed by atoms with E-state index < -0.39 is 10.0 Å². The first-order valence-electron chi connectivity index (χ1n) is 12.3. The lowest BCUT2D eigenvalue weighted by Gasteiger charge is -2.33. The second-order valence-corrected chi connectivity index (χ2v) is 11.7. The lowest BCUT2D eigenvalue weighted by Crippen LogP contribution is -2.43. The predicted molar refractivity (Wildman–Crippen MR) is 131 cm³/mol. The molecule has 34 heavy (non-hydrogen) atoms. The lowest BCUT2D eigenvalue weighted by molar-refractivity contribution is -0.126. The van der Waals surface area contributed by atoms with Crippen molar-refractivity contribution in [3.05, 3.63) is 47.4 Å². The zero-order valence-corrected chi connectivity index (χ0v) is 21.4. The predicted octanol–water partition coefficient (Wildman–Crippen LogP) is 2.82. The maximum absolute atomic E-state index is 12.9. The Kier molecular flexibility index (Phi) is 7.74. The minimum atomic E-state index is -3.62. The molecule has 3 heterocycles. The molecular weight excluding hydrogens is 450 g/mol. The Labute approximate surface area is 203 Å². The molecule has 0 aliphatic carbocycles. The van der Waals surface area contributed by atoms with Crippen molar-refractivity contribution in [3.8, 4) is 0 Å². The molecule has 1 amide bonds. The molecule has 0 spiro atoms. The van der Waals surface area contributed by atoms with Gasteiger partial charge in [0.25, 0.3) is 10.0 Å². The van der Waals surface area contributed by atoms with Crippen molar-refractivity contribution in [3.63, 3.8) is 0 Å². The Hall–Kier alpha value is -2.23. The Bertz CT molecular complexity index is 1070. The van der Waals surface area contributed by atoms with Gasteiger partial charge in [0.15, 0.2) is 5.03 Å². The molecule has 0 bridgehead atoms. The third-order valence-electron chi connectivity index (χ3n) is 7.33. The molecule has 8 nitrogen and oxygen atoms in total. The number of likely N-dealkylation sites (tertiary alicyclic amines) is 1. The van der Waals surface area contributed by atoms with Crippen LogP contribution in [0.3, 0.4) is 0 Å². The normalized spacial score (nSPS) is 21.0. The molecule has 2 aromatic rings. The first-order chi connectivity index (χ1) is 16.2. The number of carbonyl (C=O) groups is 1. The van der Waals surface area contributed by atoms with Gasteiger partial charge < -0.3 is 9.88 Å². The highest BCUT2D eigenvalue weighted by Gasteiger charge is 2.33. The maximum atomic E-state index is 12.9. The van der Waals surface area contributed by atoms with Crippen LogP contribution >= 0.6 is 0 Å². The number of nitrogens with zero attached hydrogens (tertiary/aromatic N) is 4. The summed E-state index contributed by atoms with van der Waals surface area (Å²) in [7, 11) is -1.84. The van der Waals surface area contributed by atoms with Crippen LogP contribution in [-0.4, -0.2) is 58.8 Å². The number of sulfonamides is 1. The molecule has 9 heteroatoms. The van der Waals surface area contributed by atoms with Gasteiger partial charge in [-0.15, -0.1) is 0 Å². The molecule has 0 radical (unpaired) electrons. The summed E-state index contributed by atoms with van der Waals surface area (Å²) in [6, 6.07) is 9.14. The van der Waals surface area contributed by atoms with E-state index >= 15 is 0 Å². The van der Waals surface area contributed by atoms with E-state index in [2.05, 4.69) is 46.4 Å². The minimum absolute atomic E-state index is 0.00283. The third kappa shape index (κ3) is 5.70. The number of hydrogen-bond donors (Lipinski definition) is 1. The standard InChI is InChI=1S/C25H37N5O3S/c1-19-6-4-5-13-29(19)17-22-9-7-21(8-10-22)16-26-25(31)23-11-14-30(15-12-23)34(32,33)24-18-28(3)20(2)27-24/h7-10,18-19,23H,4-6,11-17H2,1-3H3,(H,26,31). The number of imidazole rings is 1. The van der Waals surface area contributed by atoms with Crippen molar-refractivity contribution in [1.82, 2.24) is 24.1 Å². The van der Waals surface area contributed by atoms with E-state index in [1.54, 1.807) is 24.7 Å². The number of nitrogens with one attached hydrogen (secondary N) is 1. The van der Waals surface area contributed by atoms with Crippen LogP contribution in [0.2, 0.25) is 0 Å². The fraction of sp³-hybridized carbons (Fsp3) is 0.600. The van der Waals surface area contributed by atoms with E-state index in [0.717, 1.165) is 12.1 Å². The van der Waals surface area contributed by atoms with Gasteiger partial charge in [-0.1, -0.05) is 30.7 Å². The fourth-order valence-electron chi connectivity index (χ4n) is 4.86. The second kappa shape index (κ2) is 10.6. The van der Waals surface area contributed by atoms with Crippen molar-refractivity contribution in [2.75, 3.05) is 19.6 Å². The van der Waals surface area contributed by atoms with Gasteiger partial charge in [-0.05, 0) is 57.2 Å². The van der Waals surface area contributed by atoms with Crippen LogP contribution in [0.15, 0.2) is 35.5 Å².